The maximum absolute atomic E-state index is 12.6. The predicted molar refractivity (Wildman–Crippen MR) is 44.3 cm³/mol. The van der Waals surface area contributed by atoms with Crippen LogP contribution in [0, 0.1) is 5.82 Å². The van der Waals surface area contributed by atoms with Crippen molar-refractivity contribution in [3.05, 3.63) is 28.8 Å². The highest BCUT2D eigenvalue weighted by Gasteiger charge is 2.03. The van der Waals surface area contributed by atoms with Gasteiger partial charge in [0.15, 0.2) is 0 Å². The first-order chi connectivity index (χ1) is 4.75. The summed E-state index contributed by atoms with van der Waals surface area (Å²) in [5.41, 5.74) is 5.52. The highest BCUT2D eigenvalue weighted by molar-refractivity contribution is 6.31. The van der Waals surface area contributed by atoms with Gasteiger partial charge in [0.1, 0.15) is 5.82 Å². The molecular weight excluding hydrogens is 190 g/mol. The molecule has 0 saturated heterocycles. The molecule has 1 rings (SSSR count). The molecule has 1 aromatic heterocycles. The van der Waals surface area contributed by atoms with Gasteiger partial charge in [0.05, 0.1) is 11.2 Å². The minimum absolute atomic E-state index is 0. The van der Waals surface area contributed by atoms with Crippen LogP contribution in [0.3, 0.4) is 0 Å². The molecule has 0 amide bonds. The lowest BCUT2D eigenvalue weighted by molar-refractivity contribution is 0.604. The van der Waals surface area contributed by atoms with Crippen LogP contribution in [0.2, 0.25) is 5.02 Å². The van der Waals surface area contributed by atoms with Crippen LogP contribution in [0.5, 0.6) is 0 Å². The van der Waals surface area contributed by atoms with Crippen molar-refractivity contribution in [3.63, 3.8) is 0 Å². The molecule has 0 saturated carbocycles. The van der Waals surface area contributed by atoms with Crippen molar-refractivity contribution in [1.29, 1.82) is 0 Å². The molecule has 2 N–H and O–H groups in total. The molecule has 2 nitrogen and oxygen atoms in total. The maximum Gasteiger partial charge on any atom is 0.147 e. The highest BCUT2D eigenvalue weighted by Crippen LogP contribution is 2.15. The van der Waals surface area contributed by atoms with Crippen molar-refractivity contribution in [3.8, 4) is 0 Å². The van der Waals surface area contributed by atoms with Gasteiger partial charge in [0, 0.05) is 18.3 Å². The molecule has 0 bridgehead atoms. The van der Waals surface area contributed by atoms with Crippen molar-refractivity contribution < 1.29 is 4.39 Å². The van der Waals surface area contributed by atoms with Crippen LogP contribution >= 0.6 is 24.0 Å². The van der Waals surface area contributed by atoms with Crippen molar-refractivity contribution in [2.24, 2.45) is 5.73 Å². The summed E-state index contributed by atoms with van der Waals surface area (Å²) >= 11 is 5.55. The molecule has 0 unspecified atom stereocenters. The Labute approximate surface area is 75.0 Å². The first kappa shape index (κ1) is 10.6. The van der Waals surface area contributed by atoms with Crippen LogP contribution in [0.1, 0.15) is 5.56 Å². The first-order valence-electron chi connectivity index (χ1n) is 2.73. The van der Waals surface area contributed by atoms with E-state index in [9.17, 15) is 4.39 Å². The van der Waals surface area contributed by atoms with Crippen LogP contribution in [-0.4, -0.2) is 4.98 Å². The van der Waals surface area contributed by atoms with Gasteiger partial charge in [-0.15, -0.1) is 12.4 Å². The van der Waals surface area contributed by atoms with Crippen molar-refractivity contribution in [2.45, 2.75) is 6.54 Å². The fourth-order valence-electron chi connectivity index (χ4n) is 0.633. The molecule has 5 heteroatoms. The number of nitrogens with zero attached hydrogens (tertiary/aromatic N) is 1. The third-order valence-electron chi connectivity index (χ3n) is 1.16. The summed E-state index contributed by atoms with van der Waals surface area (Å²) in [6, 6.07) is 0. The molecule has 0 aromatic carbocycles. The Morgan fingerprint density at radius 1 is 1.55 bits per heavy atom. The van der Waals surface area contributed by atoms with Gasteiger partial charge in [-0.1, -0.05) is 11.6 Å². The van der Waals surface area contributed by atoms with E-state index in [4.69, 9.17) is 17.3 Å². The van der Waals surface area contributed by atoms with E-state index < -0.39 is 5.82 Å². The average Bonchev–Trinajstić information content (AvgIpc) is 1.88. The summed E-state index contributed by atoms with van der Waals surface area (Å²) in [6.07, 6.45) is 2.46. The maximum atomic E-state index is 12.6. The van der Waals surface area contributed by atoms with Gasteiger partial charge in [-0.3, -0.25) is 4.98 Å². The topological polar surface area (TPSA) is 38.9 Å². The van der Waals surface area contributed by atoms with Crippen molar-refractivity contribution >= 4 is 24.0 Å². The summed E-state index contributed by atoms with van der Waals surface area (Å²) in [5.74, 6) is -0.449. The van der Waals surface area contributed by atoms with Gasteiger partial charge in [-0.25, -0.2) is 4.39 Å². The van der Waals surface area contributed by atoms with Crippen LogP contribution in [0.4, 0.5) is 4.39 Å². The van der Waals surface area contributed by atoms with E-state index in [1.807, 2.05) is 0 Å². The third kappa shape index (κ3) is 2.29. The van der Waals surface area contributed by atoms with E-state index in [1.165, 1.54) is 6.20 Å². The summed E-state index contributed by atoms with van der Waals surface area (Å²) < 4.78 is 12.6. The number of aromatic nitrogens is 1. The monoisotopic (exact) mass is 196 g/mol. The fourth-order valence-corrected chi connectivity index (χ4v) is 0.857. The van der Waals surface area contributed by atoms with E-state index in [0.717, 1.165) is 6.20 Å². The Balaban J connectivity index is 0.000001000. The normalized spacial score (nSPS) is 9.00. The van der Waals surface area contributed by atoms with Crippen molar-refractivity contribution in [1.82, 2.24) is 4.98 Å². The van der Waals surface area contributed by atoms with Crippen LogP contribution in [-0.2, 0) is 6.54 Å². The molecule has 0 fully saturated rings. The number of rotatable bonds is 1. The minimum Gasteiger partial charge on any atom is -0.326 e. The quantitative estimate of drug-likeness (QED) is 0.744. The van der Waals surface area contributed by atoms with E-state index in [1.54, 1.807) is 0 Å². The van der Waals surface area contributed by atoms with Gasteiger partial charge < -0.3 is 5.73 Å². The van der Waals surface area contributed by atoms with Crippen LogP contribution < -0.4 is 5.73 Å². The molecule has 11 heavy (non-hydrogen) atoms. The molecule has 0 spiro atoms. The van der Waals surface area contributed by atoms with E-state index in [0.29, 0.717) is 5.56 Å². The molecule has 0 aliphatic rings. The number of halogens is 3. The van der Waals surface area contributed by atoms with Crippen LogP contribution in [0.25, 0.3) is 0 Å². The Morgan fingerprint density at radius 3 is 2.55 bits per heavy atom. The van der Waals surface area contributed by atoms with Gasteiger partial charge >= 0.3 is 0 Å². The molecule has 1 aromatic rings. The number of hydrogen-bond acceptors (Lipinski definition) is 2. The van der Waals surface area contributed by atoms with Crippen LogP contribution in [0.15, 0.2) is 12.4 Å². The Hall–Kier alpha value is -0.380. The Bertz CT molecular complexity index is 222. The lowest BCUT2D eigenvalue weighted by Gasteiger charge is -1.99. The zero-order chi connectivity index (χ0) is 7.56. The molecular formula is C6H7Cl2FN2. The summed E-state index contributed by atoms with van der Waals surface area (Å²) in [4.78, 5) is 3.53. The zero-order valence-corrected chi connectivity index (χ0v) is 7.12. The lowest BCUT2D eigenvalue weighted by atomic mass is 10.2. The summed E-state index contributed by atoms with van der Waals surface area (Å²) in [6.45, 7) is 0.104. The van der Waals surface area contributed by atoms with E-state index in [2.05, 4.69) is 4.98 Å². The molecule has 1 heterocycles. The fraction of sp³-hybridized carbons (Fsp3) is 0.167. The lowest BCUT2D eigenvalue weighted by Crippen LogP contribution is -2.00. The van der Waals surface area contributed by atoms with Gasteiger partial charge in [0.25, 0.3) is 0 Å². The highest BCUT2D eigenvalue weighted by atomic mass is 35.5. The Morgan fingerprint density at radius 2 is 2.18 bits per heavy atom. The molecule has 0 radical (unpaired) electrons. The summed E-state index contributed by atoms with van der Waals surface area (Å²) in [7, 11) is 0. The zero-order valence-electron chi connectivity index (χ0n) is 5.55. The van der Waals surface area contributed by atoms with Gasteiger partial charge in [-0.05, 0) is 0 Å². The SMILES string of the molecule is Cl.NCc1c(F)cncc1Cl. The van der Waals surface area contributed by atoms with Crippen molar-refractivity contribution in [2.75, 3.05) is 0 Å². The standard InChI is InChI=1S/C6H6ClFN2.ClH/c7-5-2-10-3-6(8)4(5)1-9;/h2-3H,1,9H2;1H. The summed E-state index contributed by atoms with van der Waals surface area (Å²) in [5, 5.41) is 0.280. The molecule has 62 valence electrons. The molecule has 0 aliphatic heterocycles. The number of pyridine rings is 1. The first-order valence-corrected chi connectivity index (χ1v) is 3.11. The van der Waals surface area contributed by atoms with E-state index in [-0.39, 0.29) is 24.0 Å². The second-order valence-corrected chi connectivity index (χ2v) is 2.19. The average molecular weight is 197 g/mol. The third-order valence-corrected chi connectivity index (χ3v) is 1.48. The Kier molecular flexibility index (Phi) is 4.33. The molecule has 0 atom stereocenters. The predicted octanol–water partition coefficient (Wildman–Crippen LogP) is 1.75. The second-order valence-electron chi connectivity index (χ2n) is 1.79. The number of nitrogens with two attached hydrogens (primary N) is 1. The smallest absolute Gasteiger partial charge is 0.147 e. The van der Waals surface area contributed by atoms with Gasteiger partial charge in [-0.2, -0.15) is 0 Å². The molecule has 0 aliphatic carbocycles. The second kappa shape index (κ2) is 4.49. The minimum atomic E-state index is -0.449. The van der Waals surface area contributed by atoms with Gasteiger partial charge in [0.2, 0.25) is 0 Å². The number of hydrogen-bond donors (Lipinski definition) is 1. The largest absolute Gasteiger partial charge is 0.326 e. The van der Waals surface area contributed by atoms with E-state index >= 15 is 0 Å².